The van der Waals surface area contributed by atoms with Gasteiger partial charge in [0.25, 0.3) is 5.91 Å². The van der Waals surface area contributed by atoms with Crippen LogP contribution in [0.15, 0.2) is 85.2 Å². The van der Waals surface area contributed by atoms with Gasteiger partial charge in [-0.3, -0.25) is 9.59 Å². The predicted octanol–water partition coefficient (Wildman–Crippen LogP) is 2.96. The molecule has 0 spiro atoms. The van der Waals surface area contributed by atoms with Gasteiger partial charge in [0.05, 0.1) is 11.4 Å². The summed E-state index contributed by atoms with van der Waals surface area (Å²) in [6.07, 6.45) is 3.23. The zero-order valence-electron chi connectivity index (χ0n) is 19.7. The molecular weight excluding hydrogens is 468 g/mol. The Morgan fingerprint density at radius 2 is 1.78 bits per heavy atom. The summed E-state index contributed by atoms with van der Waals surface area (Å²) < 4.78 is 0. The molecule has 5 rings (SSSR count). The van der Waals surface area contributed by atoms with Gasteiger partial charge in [0.1, 0.15) is 11.9 Å². The Hall–Kier alpha value is -5.25. The van der Waals surface area contributed by atoms with Crippen molar-refractivity contribution >= 4 is 34.5 Å². The van der Waals surface area contributed by atoms with E-state index >= 15 is 0 Å². The molecule has 2 amide bonds. The first-order chi connectivity index (χ1) is 18.0. The topological polar surface area (TPSA) is 165 Å². The molecule has 0 radical (unpaired) electrons. The van der Waals surface area contributed by atoms with E-state index in [1.165, 1.54) is 0 Å². The Balaban J connectivity index is 1.31. The summed E-state index contributed by atoms with van der Waals surface area (Å²) in [7, 11) is 0. The standard InChI is InChI=1S/C27H24N8O2/c28-24(36)23(15-32-25-19(7-4-11-30-25)16-5-2-1-3-6-16)34-26(37)17-8-9-20-18(13-17)14-22(33-20)21-10-12-31-27(29)35-21/h1-14,23,33H,15H2,(H2,28,36)(H,30,32)(H,34,37)(H2,29,31,35). The van der Waals surface area contributed by atoms with Crippen molar-refractivity contribution in [1.29, 1.82) is 0 Å². The fourth-order valence-electron chi connectivity index (χ4n) is 4.00. The van der Waals surface area contributed by atoms with E-state index in [1.54, 1.807) is 36.7 Å². The molecule has 1 atom stereocenters. The summed E-state index contributed by atoms with van der Waals surface area (Å²) in [4.78, 5) is 40.9. The number of nitrogens with one attached hydrogen (secondary N) is 3. The van der Waals surface area contributed by atoms with Crippen molar-refractivity contribution in [3.8, 4) is 22.5 Å². The van der Waals surface area contributed by atoms with Gasteiger partial charge in [-0.25, -0.2) is 15.0 Å². The first kappa shape index (κ1) is 23.5. The highest BCUT2D eigenvalue weighted by Gasteiger charge is 2.20. The number of primary amides is 1. The molecule has 10 heteroatoms. The van der Waals surface area contributed by atoms with Gasteiger partial charge in [0, 0.05) is 41.0 Å². The lowest BCUT2D eigenvalue weighted by molar-refractivity contribution is -0.119. The number of nitrogens with two attached hydrogens (primary N) is 2. The van der Waals surface area contributed by atoms with E-state index in [0.29, 0.717) is 17.1 Å². The van der Waals surface area contributed by atoms with E-state index in [1.807, 2.05) is 48.5 Å². The molecule has 5 aromatic rings. The van der Waals surface area contributed by atoms with E-state index in [2.05, 4.69) is 30.6 Å². The number of carbonyl (C=O) groups is 2. The molecule has 184 valence electrons. The van der Waals surface area contributed by atoms with Crippen molar-refractivity contribution in [3.05, 3.63) is 90.8 Å². The minimum absolute atomic E-state index is 0.0730. The largest absolute Gasteiger partial charge is 0.368 e. The Morgan fingerprint density at radius 3 is 2.57 bits per heavy atom. The number of hydrogen-bond acceptors (Lipinski definition) is 7. The molecular formula is C27H24N8O2. The molecule has 0 saturated carbocycles. The second-order valence-corrected chi connectivity index (χ2v) is 8.36. The lowest BCUT2D eigenvalue weighted by Crippen LogP contribution is -2.48. The van der Waals surface area contributed by atoms with Gasteiger partial charge in [-0.15, -0.1) is 0 Å². The highest BCUT2D eigenvalue weighted by Crippen LogP contribution is 2.26. The van der Waals surface area contributed by atoms with Gasteiger partial charge in [0.15, 0.2) is 0 Å². The quantitative estimate of drug-likeness (QED) is 0.222. The van der Waals surface area contributed by atoms with Crippen LogP contribution < -0.4 is 22.1 Å². The van der Waals surface area contributed by atoms with E-state index in [4.69, 9.17) is 11.5 Å². The third kappa shape index (κ3) is 5.22. The van der Waals surface area contributed by atoms with Crippen LogP contribution in [0.3, 0.4) is 0 Å². The van der Waals surface area contributed by atoms with E-state index < -0.39 is 17.9 Å². The summed E-state index contributed by atoms with van der Waals surface area (Å²) in [5, 5.41) is 6.67. The van der Waals surface area contributed by atoms with Crippen molar-refractivity contribution in [2.45, 2.75) is 6.04 Å². The number of benzene rings is 2. The minimum atomic E-state index is -0.959. The molecule has 7 N–H and O–H groups in total. The molecule has 0 aliphatic rings. The number of anilines is 2. The first-order valence-electron chi connectivity index (χ1n) is 11.5. The number of hydrogen-bond donors (Lipinski definition) is 5. The Morgan fingerprint density at radius 1 is 0.946 bits per heavy atom. The van der Waals surface area contributed by atoms with Crippen LogP contribution in [0, 0.1) is 0 Å². The van der Waals surface area contributed by atoms with Crippen molar-refractivity contribution in [1.82, 2.24) is 25.3 Å². The van der Waals surface area contributed by atoms with Crippen LogP contribution in [-0.4, -0.2) is 44.3 Å². The van der Waals surface area contributed by atoms with Crippen molar-refractivity contribution in [2.75, 3.05) is 17.6 Å². The number of aromatic amines is 1. The summed E-state index contributed by atoms with van der Waals surface area (Å²) in [6, 6.07) is 21.3. The maximum Gasteiger partial charge on any atom is 0.252 e. The lowest BCUT2D eigenvalue weighted by Gasteiger charge is -2.18. The van der Waals surface area contributed by atoms with Crippen LogP contribution in [0.1, 0.15) is 10.4 Å². The number of pyridine rings is 1. The van der Waals surface area contributed by atoms with Crippen LogP contribution in [-0.2, 0) is 4.79 Å². The molecule has 10 nitrogen and oxygen atoms in total. The van der Waals surface area contributed by atoms with Gasteiger partial charge in [0.2, 0.25) is 11.9 Å². The third-order valence-corrected chi connectivity index (χ3v) is 5.85. The summed E-state index contributed by atoms with van der Waals surface area (Å²) in [6.45, 7) is 0.0730. The number of H-pyrrole nitrogens is 1. The van der Waals surface area contributed by atoms with Gasteiger partial charge < -0.3 is 27.1 Å². The number of fused-ring (bicyclic) bond motifs is 1. The Labute approximate surface area is 212 Å². The van der Waals surface area contributed by atoms with Crippen LogP contribution in [0.2, 0.25) is 0 Å². The Bertz CT molecular complexity index is 1580. The molecule has 0 saturated heterocycles. The molecule has 0 bridgehead atoms. The maximum atomic E-state index is 13.0. The fraction of sp³-hybridized carbons (Fsp3) is 0.0741. The third-order valence-electron chi connectivity index (χ3n) is 5.85. The summed E-state index contributed by atoms with van der Waals surface area (Å²) >= 11 is 0. The maximum absolute atomic E-state index is 13.0. The highest BCUT2D eigenvalue weighted by molar-refractivity contribution is 6.01. The zero-order valence-corrected chi connectivity index (χ0v) is 19.7. The number of amides is 2. The summed E-state index contributed by atoms with van der Waals surface area (Å²) in [5.41, 5.74) is 15.7. The smallest absolute Gasteiger partial charge is 0.252 e. The van der Waals surface area contributed by atoms with Crippen LogP contribution in [0.4, 0.5) is 11.8 Å². The van der Waals surface area contributed by atoms with E-state index in [9.17, 15) is 9.59 Å². The second-order valence-electron chi connectivity index (χ2n) is 8.36. The van der Waals surface area contributed by atoms with E-state index in [0.717, 1.165) is 27.7 Å². The summed E-state index contributed by atoms with van der Waals surface area (Å²) in [5.74, 6) is -0.333. The molecule has 0 fully saturated rings. The van der Waals surface area contributed by atoms with Gasteiger partial charge in [-0.1, -0.05) is 30.3 Å². The number of nitrogen functional groups attached to an aromatic ring is 1. The normalized spacial score (nSPS) is 11.7. The fourth-order valence-corrected chi connectivity index (χ4v) is 4.00. The van der Waals surface area contributed by atoms with Crippen molar-refractivity contribution < 1.29 is 9.59 Å². The molecule has 3 heterocycles. The molecule has 2 aromatic carbocycles. The number of aromatic nitrogens is 4. The predicted molar refractivity (Wildman–Crippen MR) is 142 cm³/mol. The first-order valence-corrected chi connectivity index (χ1v) is 11.5. The molecule has 3 aromatic heterocycles. The molecule has 0 aliphatic carbocycles. The number of nitrogens with zero attached hydrogens (tertiary/aromatic N) is 3. The van der Waals surface area contributed by atoms with Crippen LogP contribution >= 0.6 is 0 Å². The average Bonchev–Trinajstić information content (AvgIpc) is 3.35. The number of rotatable bonds is 8. The minimum Gasteiger partial charge on any atom is -0.368 e. The van der Waals surface area contributed by atoms with Crippen molar-refractivity contribution in [3.63, 3.8) is 0 Å². The highest BCUT2D eigenvalue weighted by atomic mass is 16.2. The van der Waals surface area contributed by atoms with E-state index in [-0.39, 0.29) is 12.5 Å². The molecule has 0 aliphatic heterocycles. The molecule has 37 heavy (non-hydrogen) atoms. The second kappa shape index (κ2) is 10.2. The Kier molecular flexibility index (Phi) is 6.45. The van der Waals surface area contributed by atoms with Gasteiger partial charge in [-0.2, -0.15) is 0 Å². The SMILES string of the molecule is NC(=O)C(CNc1ncccc1-c1ccccc1)NC(=O)c1ccc2[nH]c(-c3ccnc(N)n3)cc2c1. The van der Waals surface area contributed by atoms with Crippen LogP contribution in [0.25, 0.3) is 33.4 Å². The zero-order chi connectivity index (χ0) is 25.8. The van der Waals surface area contributed by atoms with Gasteiger partial charge in [-0.05, 0) is 48.0 Å². The molecule has 1 unspecified atom stereocenters. The van der Waals surface area contributed by atoms with Gasteiger partial charge >= 0.3 is 0 Å². The lowest BCUT2D eigenvalue weighted by atomic mass is 10.1. The average molecular weight is 493 g/mol. The number of carbonyl (C=O) groups excluding carboxylic acids is 2. The van der Waals surface area contributed by atoms with Crippen molar-refractivity contribution in [2.24, 2.45) is 5.73 Å². The van der Waals surface area contributed by atoms with Crippen LogP contribution in [0.5, 0.6) is 0 Å². The monoisotopic (exact) mass is 492 g/mol.